The third-order valence-electron chi connectivity index (χ3n) is 3.99. The van der Waals surface area contributed by atoms with Gasteiger partial charge in [0.2, 0.25) is 0 Å². The molecule has 122 valence electrons. The van der Waals surface area contributed by atoms with Crippen LogP contribution in [-0.4, -0.2) is 20.6 Å². The van der Waals surface area contributed by atoms with Crippen LogP contribution in [0.5, 0.6) is 0 Å². The Morgan fingerprint density at radius 2 is 1.14 bits per heavy atom. The quantitative estimate of drug-likeness (QED) is 0.546. The lowest BCUT2D eigenvalue weighted by Gasteiger charge is -2.06. The van der Waals surface area contributed by atoms with Crippen LogP contribution in [0.15, 0.2) is 30.3 Å². The topological polar surface area (TPSA) is 4.44 Å². The van der Waals surface area contributed by atoms with Crippen LogP contribution in [0.3, 0.4) is 0 Å². The van der Waals surface area contributed by atoms with Gasteiger partial charge in [0, 0.05) is 0 Å². The lowest BCUT2D eigenvalue weighted by atomic mass is 10.0. The van der Waals surface area contributed by atoms with E-state index in [2.05, 4.69) is 44.4 Å². The molecule has 0 atom stereocenters. The second-order valence-electron chi connectivity index (χ2n) is 6.37. The minimum atomic E-state index is 0. The lowest BCUT2D eigenvalue weighted by Crippen LogP contribution is -3.05. The van der Waals surface area contributed by atoms with Crippen molar-refractivity contribution in [3.05, 3.63) is 35.9 Å². The van der Waals surface area contributed by atoms with Crippen LogP contribution in [0.1, 0.15) is 63.4 Å². The standard InChI is InChI=1S/C19H33N.FH/c1-20(2)18-14-9-7-5-3-4-6-8-11-15-19-16-12-10-13-17-19;/h10,12-13,16-17H,3-9,11,14-15,18H2,1-2H3;1H. The van der Waals surface area contributed by atoms with Crippen molar-refractivity contribution in [3.63, 3.8) is 0 Å². The molecule has 0 saturated heterocycles. The van der Waals surface area contributed by atoms with Crippen molar-refractivity contribution in [2.45, 2.75) is 64.2 Å². The minimum Gasteiger partial charge on any atom is -1.00 e. The van der Waals surface area contributed by atoms with Crippen LogP contribution in [0.25, 0.3) is 0 Å². The second kappa shape index (κ2) is 14.1. The van der Waals surface area contributed by atoms with Gasteiger partial charge >= 0.3 is 0 Å². The molecule has 0 heterocycles. The molecule has 0 bridgehead atoms. The van der Waals surface area contributed by atoms with Gasteiger partial charge in [-0.2, -0.15) is 0 Å². The zero-order valence-corrected chi connectivity index (χ0v) is 14.0. The number of halogens is 1. The van der Waals surface area contributed by atoms with Gasteiger partial charge in [-0.1, -0.05) is 68.9 Å². The van der Waals surface area contributed by atoms with Crippen LogP contribution in [0, 0.1) is 0 Å². The number of nitrogens with one attached hydrogen (secondary N) is 1. The highest BCUT2D eigenvalue weighted by Crippen LogP contribution is 2.11. The lowest BCUT2D eigenvalue weighted by molar-refractivity contribution is -0.858. The molecule has 0 amide bonds. The number of quaternary nitrogens is 1. The van der Waals surface area contributed by atoms with Gasteiger partial charge in [-0.15, -0.1) is 0 Å². The molecule has 1 N–H and O–H groups in total. The number of rotatable bonds is 12. The van der Waals surface area contributed by atoms with Gasteiger partial charge < -0.3 is 9.60 Å². The zero-order valence-electron chi connectivity index (χ0n) is 14.0. The van der Waals surface area contributed by atoms with E-state index in [9.17, 15) is 0 Å². The van der Waals surface area contributed by atoms with Crippen molar-refractivity contribution >= 4 is 0 Å². The molecule has 0 radical (unpaired) electrons. The fourth-order valence-corrected chi connectivity index (χ4v) is 2.69. The highest BCUT2D eigenvalue weighted by Gasteiger charge is 1.96. The van der Waals surface area contributed by atoms with Crippen molar-refractivity contribution in [2.75, 3.05) is 20.6 Å². The number of hydrogen-bond acceptors (Lipinski definition) is 0. The van der Waals surface area contributed by atoms with Crippen LogP contribution in [-0.2, 0) is 6.42 Å². The number of unbranched alkanes of at least 4 members (excludes halogenated alkanes) is 8. The third kappa shape index (κ3) is 12.6. The van der Waals surface area contributed by atoms with Crippen LogP contribution in [0.2, 0.25) is 0 Å². The first kappa shape index (κ1) is 20.1. The van der Waals surface area contributed by atoms with E-state index in [4.69, 9.17) is 0 Å². The van der Waals surface area contributed by atoms with Gasteiger partial charge in [0.25, 0.3) is 0 Å². The Kier molecular flexibility index (Phi) is 13.5. The smallest absolute Gasteiger partial charge is 0.0766 e. The summed E-state index contributed by atoms with van der Waals surface area (Å²) in [7, 11) is 4.49. The van der Waals surface area contributed by atoms with Gasteiger partial charge in [-0.05, 0) is 31.2 Å². The average molecular weight is 295 g/mol. The second-order valence-corrected chi connectivity index (χ2v) is 6.37. The number of hydrogen-bond donors (Lipinski definition) is 1. The molecule has 1 rings (SSSR count). The van der Waals surface area contributed by atoms with E-state index in [0.717, 1.165) is 0 Å². The summed E-state index contributed by atoms with van der Waals surface area (Å²) < 4.78 is 0. The first-order valence-corrected chi connectivity index (χ1v) is 8.62. The van der Waals surface area contributed by atoms with Crippen molar-refractivity contribution in [1.82, 2.24) is 0 Å². The number of benzene rings is 1. The predicted octanol–water partition coefficient (Wildman–Crippen LogP) is 0.889. The maximum absolute atomic E-state index is 2.25. The minimum absolute atomic E-state index is 0. The van der Waals surface area contributed by atoms with Crippen LogP contribution >= 0.6 is 0 Å². The van der Waals surface area contributed by atoms with E-state index in [1.165, 1.54) is 76.3 Å². The van der Waals surface area contributed by atoms with Crippen LogP contribution in [0.4, 0.5) is 0 Å². The van der Waals surface area contributed by atoms with Gasteiger partial charge in [-0.3, -0.25) is 0 Å². The Morgan fingerprint density at radius 3 is 1.67 bits per heavy atom. The molecule has 0 spiro atoms. The summed E-state index contributed by atoms with van der Waals surface area (Å²) in [5, 5.41) is 0. The van der Waals surface area contributed by atoms with Gasteiger partial charge in [-0.25, -0.2) is 0 Å². The summed E-state index contributed by atoms with van der Waals surface area (Å²) in [5.74, 6) is 0. The summed E-state index contributed by atoms with van der Waals surface area (Å²) in [5.41, 5.74) is 1.50. The van der Waals surface area contributed by atoms with E-state index in [0.29, 0.717) is 0 Å². The monoisotopic (exact) mass is 295 g/mol. The maximum Gasteiger partial charge on any atom is 0.0766 e. The SMILES string of the molecule is C[NH+](C)CCCCCCCCCCCc1ccccc1.[F-]. The maximum atomic E-state index is 2.25. The Hall–Kier alpha value is -0.890. The van der Waals surface area contributed by atoms with Gasteiger partial charge in [0.1, 0.15) is 0 Å². The molecule has 0 aromatic heterocycles. The highest BCUT2D eigenvalue weighted by atomic mass is 19.0. The molecule has 0 unspecified atom stereocenters. The Morgan fingerprint density at radius 1 is 0.667 bits per heavy atom. The molecule has 1 aromatic rings. The van der Waals surface area contributed by atoms with Gasteiger partial charge in [0.15, 0.2) is 0 Å². The molecule has 0 fully saturated rings. The summed E-state index contributed by atoms with van der Waals surface area (Å²) in [4.78, 5) is 1.59. The van der Waals surface area contributed by atoms with Crippen molar-refractivity contribution < 1.29 is 9.60 Å². The molecule has 0 aliphatic carbocycles. The Labute approximate surface area is 131 Å². The first-order valence-electron chi connectivity index (χ1n) is 8.62. The van der Waals surface area contributed by atoms with Gasteiger partial charge in [0.05, 0.1) is 20.6 Å². The molecule has 1 nitrogen and oxygen atoms in total. The molecular formula is C19H34FN. The van der Waals surface area contributed by atoms with E-state index >= 15 is 0 Å². The largest absolute Gasteiger partial charge is 1.00 e. The van der Waals surface area contributed by atoms with E-state index in [1.807, 2.05) is 0 Å². The fourth-order valence-electron chi connectivity index (χ4n) is 2.69. The van der Waals surface area contributed by atoms with Crippen molar-refractivity contribution in [1.29, 1.82) is 0 Å². The predicted molar refractivity (Wildman–Crippen MR) is 89.4 cm³/mol. The molecule has 1 aromatic carbocycles. The number of aryl methyl sites for hydroxylation is 1. The third-order valence-corrected chi connectivity index (χ3v) is 3.99. The molecule has 0 aliphatic heterocycles. The van der Waals surface area contributed by atoms with Crippen LogP contribution < -0.4 is 9.60 Å². The van der Waals surface area contributed by atoms with Crippen molar-refractivity contribution in [3.8, 4) is 0 Å². The summed E-state index contributed by atoms with van der Waals surface area (Å²) >= 11 is 0. The summed E-state index contributed by atoms with van der Waals surface area (Å²) in [6.07, 6.45) is 14.0. The molecule has 0 saturated carbocycles. The molecule has 0 aliphatic rings. The fraction of sp³-hybridized carbons (Fsp3) is 0.684. The normalized spacial score (nSPS) is 10.6. The molecular weight excluding hydrogens is 261 g/mol. The average Bonchev–Trinajstić information content (AvgIpc) is 2.45. The van der Waals surface area contributed by atoms with Crippen molar-refractivity contribution in [2.24, 2.45) is 0 Å². The van der Waals surface area contributed by atoms with E-state index in [-0.39, 0.29) is 4.70 Å². The van der Waals surface area contributed by atoms with E-state index in [1.54, 1.807) is 4.90 Å². The summed E-state index contributed by atoms with van der Waals surface area (Å²) in [6, 6.07) is 10.9. The summed E-state index contributed by atoms with van der Waals surface area (Å²) in [6.45, 7) is 1.33. The first-order chi connectivity index (χ1) is 9.79. The Balaban J connectivity index is 0.00000400. The molecule has 21 heavy (non-hydrogen) atoms. The van der Waals surface area contributed by atoms with E-state index < -0.39 is 0 Å². The molecule has 2 heteroatoms. The zero-order chi connectivity index (χ0) is 14.5. The highest BCUT2D eigenvalue weighted by molar-refractivity contribution is 5.14. The Bertz CT molecular complexity index is 311.